The van der Waals surface area contributed by atoms with Crippen molar-refractivity contribution in [3.8, 4) is 0 Å². The maximum atomic E-state index is 9.47. The predicted molar refractivity (Wildman–Crippen MR) is 73.3 cm³/mol. The van der Waals surface area contributed by atoms with Gasteiger partial charge in [-0.3, -0.25) is 0 Å². The highest BCUT2D eigenvalue weighted by Gasteiger charge is 2.31. The quantitative estimate of drug-likeness (QED) is 0.927. The Labute approximate surface area is 115 Å². The summed E-state index contributed by atoms with van der Waals surface area (Å²) >= 11 is 1.64. The molecule has 0 radical (unpaired) electrons. The average molecular weight is 276 g/mol. The summed E-state index contributed by atoms with van der Waals surface area (Å²) in [6.45, 7) is 2.86. The second-order valence-corrected chi connectivity index (χ2v) is 6.26. The van der Waals surface area contributed by atoms with E-state index in [-0.39, 0.29) is 6.61 Å². The fraction of sp³-hybridized carbons (Fsp3) is 0.538. The van der Waals surface area contributed by atoms with Crippen molar-refractivity contribution in [1.82, 2.24) is 14.5 Å². The maximum Gasteiger partial charge on any atom is 0.186 e. The van der Waals surface area contributed by atoms with Gasteiger partial charge in [-0.1, -0.05) is 11.3 Å². The van der Waals surface area contributed by atoms with Crippen LogP contribution in [-0.2, 0) is 19.7 Å². The van der Waals surface area contributed by atoms with Gasteiger partial charge in [0.05, 0.1) is 23.7 Å². The van der Waals surface area contributed by atoms with E-state index >= 15 is 0 Å². The van der Waals surface area contributed by atoms with Gasteiger partial charge in [0.15, 0.2) is 5.13 Å². The number of imidazole rings is 1. The van der Waals surface area contributed by atoms with Gasteiger partial charge < -0.3 is 14.6 Å². The van der Waals surface area contributed by atoms with Gasteiger partial charge in [0, 0.05) is 31.4 Å². The smallest absolute Gasteiger partial charge is 0.186 e. The molecule has 1 aliphatic heterocycles. The lowest BCUT2D eigenvalue weighted by molar-refractivity contribution is 0.284. The van der Waals surface area contributed by atoms with Crippen molar-refractivity contribution in [3.05, 3.63) is 28.8 Å². The van der Waals surface area contributed by atoms with Crippen LogP contribution in [-0.4, -0.2) is 26.2 Å². The van der Waals surface area contributed by atoms with Gasteiger partial charge in [-0.05, 0) is 12.8 Å². The van der Waals surface area contributed by atoms with Crippen molar-refractivity contribution >= 4 is 16.5 Å². The summed E-state index contributed by atoms with van der Waals surface area (Å²) in [6, 6.07) is 0. The zero-order valence-corrected chi connectivity index (χ0v) is 11.4. The number of hydrogen-bond donors (Lipinski definition) is 1. The molecule has 6 heteroatoms. The lowest BCUT2D eigenvalue weighted by Crippen LogP contribution is -2.33. The molecular weight excluding hydrogens is 260 g/mol. The zero-order chi connectivity index (χ0) is 12.8. The minimum absolute atomic E-state index is 0.117. The first kappa shape index (κ1) is 11.4. The van der Waals surface area contributed by atoms with Crippen LogP contribution in [0.1, 0.15) is 35.2 Å². The van der Waals surface area contributed by atoms with Crippen LogP contribution >= 0.6 is 11.3 Å². The molecule has 0 amide bonds. The number of hydrogen-bond acceptors (Lipinski definition) is 5. The number of rotatable bonds is 3. The molecule has 0 saturated heterocycles. The normalized spacial score (nSPS) is 18.7. The van der Waals surface area contributed by atoms with E-state index in [1.165, 1.54) is 12.8 Å². The summed E-state index contributed by atoms with van der Waals surface area (Å²) in [5.74, 6) is 1.69. The van der Waals surface area contributed by atoms with Gasteiger partial charge in [0.1, 0.15) is 5.82 Å². The summed E-state index contributed by atoms with van der Waals surface area (Å²) in [6.07, 6.45) is 6.33. The van der Waals surface area contributed by atoms with Gasteiger partial charge in [0.25, 0.3) is 0 Å². The lowest BCUT2D eigenvalue weighted by atomic mass is 10.2. The number of nitrogens with zero attached hydrogens (tertiary/aromatic N) is 4. The summed E-state index contributed by atoms with van der Waals surface area (Å²) in [4.78, 5) is 12.5. The van der Waals surface area contributed by atoms with Crippen molar-refractivity contribution in [2.24, 2.45) is 0 Å². The zero-order valence-electron chi connectivity index (χ0n) is 10.6. The van der Waals surface area contributed by atoms with E-state index in [0.717, 1.165) is 41.2 Å². The van der Waals surface area contributed by atoms with Gasteiger partial charge >= 0.3 is 0 Å². The molecule has 19 heavy (non-hydrogen) atoms. The van der Waals surface area contributed by atoms with Crippen LogP contribution in [0.4, 0.5) is 5.13 Å². The molecule has 4 rings (SSSR count). The summed E-state index contributed by atoms with van der Waals surface area (Å²) in [5, 5.41) is 10.5. The van der Waals surface area contributed by atoms with E-state index in [2.05, 4.69) is 14.5 Å². The second-order valence-electron chi connectivity index (χ2n) is 5.20. The van der Waals surface area contributed by atoms with E-state index in [1.54, 1.807) is 11.3 Å². The molecule has 0 unspecified atom stereocenters. The highest BCUT2D eigenvalue weighted by atomic mass is 32.1. The van der Waals surface area contributed by atoms with Crippen LogP contribution in [0.2, 0.25) is 0 Å². The molecule has 1 aliphatic carbocycles. The van der Waals surface area contributed by atoms with Gasteiger partial charge in [0.2, 0.25) is 0 Å². The molecule has 0 atom stereocenters. The molecule has 2 aromatic heterocycles. The Morgan fingerprint density at radius 3 is 3.05 bits per heavy atom. The van der Waals surface area contributed by atoms with Crippen molar-refractivity contribution < 1.29 is 5.11 Å². The van der Waals surface area contributed by atoms with Gasteiger partial charge in [-0.2, -0.15) is 0 Å². The Balaban J connectivity index is 1.63. The van der Waals surface area contributed by atoms with Crippen LogP contribution in [0.15, 0.2) is 12.4 Å². The molecule has 5 nitrogen and oxygen atoms in total. The standard InChI is InChI=1S/C13H16N4OS/c18-8-10-12(9-1-2-9)15-13(19-10)17-6-5-16-4-3-14-11(16)7-17/h3-4,9,18H,1-2,5-8H2. The van der Waals surface area contributed by atoms with Gasteiger partial charge in [-0.25, -0.2) is 9.97 Å². The van der Waals surface area contributed by atoms with E-state index in [1.807, 2.05) is 12.4 Å². The van der Waals surface area contributed by atoms with E-state index < -0.39 is 0 Å². The van der Waals surface area contributed by atoms with Crippen LogP contribution in [0.25, 0.3) is 0 Å². The first-order valence-corrected chi connectivity index (χ1v) is 7.52. The summed E-state index contributed by atoms with van der Waals surface area (Å²) in [5.41, 5.74) is 1.14. The molecule has 2 aliphatic rings. The highest BCUT2D eigenvalue weighted by molar-refractivity contribution is 7.15. The molecule has 1 saturated carbocycles. The monoisotopic (exact) mass is 276 g/mol. The minimum Gasteiger partial charge on any atom is -0.391 e. The Bertz CT molecular complexity index is 602. The molecule has 1 fully saturated rings. The van der Waals surface area contributed by atoms with Crippen LogP contribution in [0.5, 0.6) is 0 Å². The number of aliphatic hydroxyl groups is 1. The van der Waals surface area contributed by atoms with E-state index in [0.29, 0.717) is 5.92 Å². The third-order valence-corrected chi connectivity index (χ3v) is 4.96. The molecule has 3 heterocycles. The van der Waals surface area contributed by atoms with Crippen LogP contribution in [0.3, 0.4) is 0 Å². The average Bonchev–Trinajstić information content (AvgIpc) is 3.03. The topological polar surface area (TPSA) is 54.2 Å². The van der Waals surface area contributed by atoms with Gasteiger partial charge in [-0.15, -0.1) is 0 Å². The van der Waals surface area contributed by atoms with Crippen molar-refractivity contribution in [1.29, 1.82) is 0 Å². The van der Waals surface area contributed by atoms with Crippen LogP contribution < -0.4 is 4.90 Å². The Hall–Kier alpha value is -1.40. The Kier molecular flexibility index (Phi) is 2.60. The highest BCUT2D eigenvalue weighted by Crippen LogP contribution is 2.44. The Morgan fingerprint density at radius 2 is 2.26 bits per heavy atom. The molecule has 2 aromatic rings. The third-order valence-electron chi connectivity index (χ3n) is 3.84. The van der Waals surface area contributed by atoms with Crippen molar-refractivity contribution in [2.75, 3.05) is 11.4 Å². The number of fused-ring (bicyclic) bond motifs is 1. The lowest BCUT2D eigenvalue weighted by Gasteiger charge is -2.27. The van der Waals surface area contributed by atoms with E-state index in [4.69, 9.17) is 4.98 Å². The minimum atomic E-state index is 0.117. The number of aliphatic hydroxyl groups excluding tert-OH is 1. The van der Waals surface area contributed by atoms with Crippen LogP contribution in [0, 0.1) is 0 Å². The third kappa shape index (κ3) is 1.95. The van der Waals surface area contributed by atoms with Crippen molar-refractivity contribution in [3.63, 3.8) is 0 Å². The SMILES string of the molecule is OCc1sc(N2CCn3ccnc3C2)nc1C1CC1. The van der Waals surface area contributed by atoms with E-state index in [9.17, 15) is 5.11 Å². The first-order chi connectivity index (χ1) is 9.35. The molecular formula is C13H16N4OS. The number of thiazole rings is 1. The summed E-state index contributed by atoms with van der Waals surface area (Å²) < 4.78 is 2.19. The second kappa shape index (κ2) is 4.31. The first-order valence-electron chi connectivity index (χ1n) is 6.70. The number of anilines is 1. The molecule has 0 aromatic carbocycles. The maximum absolute atomic E-state index is 9.47. The number of aromatic nitrogens is 3. The molecule has 0 bridgehead atoms. The fourth-order valence-corrected chi connectivity index (χ4v) is 3.64. The van der Waals surface area contributed by atoms with Crippen molar-refractivity contribution in [2.45, 2.75) is 38.5 Å². The Morgan fingerprint density at radius 1 is 1.37 bits per heavy atom. The summed E-state index contributed by atoms with van der Waals surface area (Å²) in [7, 11) is 0. The predicted octanol–water partition coefficient (Wildman–Crippen LogP) is 1.73. The molecule has 1 N–H and O–H groups in total. The fourth-order valence-electron chi connectivity index (χ4n) is 2.61. The molecule has 0 spiro atoms. The largest absolute Gasteiger partial charge is 0.391 e. The molecule has 100 valence electrons.